The van der Waals surface area contributed by atoms with Crippen molar-refractivity contribution in [1.82, 2.24) is 24.5 Å². The maximum atomic E-state index is 4.06. The summed E-state index contributed by atoms with van der Waals surface area (Å²) in [6.07, 6.45) is 7.46. The van der Waals surface area contributed by atoms with Gasteiger partial charge in [0, 0.05) is 25.1 Å². The quantitative estimate of drug-likeness (QED) is 0.793. The molecule has 0 amide bonds. The molecule has 0 fully saturated rings. The highest BCUT2D eigenvalue weighted by Gasteiger charge is 2.05. The molecule has 1 unspecified atom stereocenters. The lowest BCUT2D eigenvalue weighted by Crippen LogP contribution is -2.06. The van der Waals surface area contributed by atoms with Crippen LogP contribution in [0.2, 0.25) is 0 Å². The molecule has 0 saturated heterocycles. The third-order valence-corrected chi connectivity index (χ3v) is 2.58. The molecule has 0 radical (unpaired) electrons. The van der Waals surface area contributed by atoms with Crippen molar-refractivity contribution in [2.75, 3.05) is 0 Å². The van der Waals surface area contributed by atoms with Gasteiger partial charge in [-0.1, -0.05) is 21.1 Å². The fourth-order valence-corrected chi connectivity index (χ4v) is 1.45. The topological polar surface area (TPSA) is 48.5 Å². The third kappa shape index (κ3) is 2.65. The van der Waals surface area contributed by atoms with E-state index in [1.807, 2.05) is 28.6 Å². The van der Waals surface area contributed by atoms with Gasteiger partial charge in [0.25, 0.3) is 0 Å². The first-order chi connectivity index (χ1) is 7.25. The van der Waals surface area contributed by atoms with Crippen molar-refractivity contribution < 1.29 is 0 Å². The van der Waals surface area contributed by atoms with E-state index in [1.54, 1.807) is 12.5 Å². The molecule has 80 valence electrons. The smallest absolute Gasteiger partial charge is 0.0960 e. The zero-order valence-corrected chi connectivity index (χ0v) is 10.0. The number of aryl methyl sites for hydroxylation is 2. The van der Waals surface area contributed by atoms with Gasteiger partial charge in [0.2, 0.25) is 0 Å². The van der Waals surface area contributed by atoms with E-state index < -0.39 is 0 Å². The van der Waals surface area contributed by atoms with E-state index in [0.717, 1.165) is 18.8 Å². The van der Waals surface area contributed by atoms with Crippen molar-refractivity contribution in [3.05, 3.63) is 30.6 Å². The van der Waals surface area contributed by atoms with Crippen LogP contribution in [-0.2, 0) is 13.1 Å². The van der Waals surface area contributed by atoms with Gasteiger partial charge < -0.3 is 4.57 Å². The number of imidazole rings is 1. The van der Waals surface area contributed by atoms with E-state index in [2.05, 4.69) is 31.2 Å². The van der Waals surface area contributed by atoms with Gasteiger partial charge in [0.15, 0.2) is 0 Å². The molecule has 0 N–H and O–H groups in total. The Labute approximate surface area is 96.2 Å². The summed E-state index contributed by atoms with van der Waals surface area (Å²) in [5.41, 5.74) is 0.959. The van der Waals surface area contributed by atoms with Crippen molar-refractivity contribution >= 4 is 15.9 Å². The summed E-state index contributed by atoms with van der Waals surface area (Å²) in [6.45, 7) is 3.70. The summed E-state index contributed by atoms with van der Waals surface area (Å²) < 4.78 is 3.85. The average molecular weight is 270 g/mol. The molecule has 0 saturated carbocycles. The molecule has 5 nitrogen and oxygen atoms in total. The van der Waals surface area contributed by atoms with Gasteiger partial charge in [-0.2, -0.15) is 0 Å². The predicted octanol–water partition coefficient (Wildman–Crippen LogP) is 1.63. The summed E-state index contributed by atoms with van der Waals surface area (Å²) in [7, 11) is 0. The first kappa shape index (κ1) is 10.4. The summed E-state index contributed by atoms with van der Waals surface area (Å²) >= 11 is 3.45. The number of alkyl halides is 1. The van der Waals surface area contributed by atoms with Crippen LogP contribution < -0.4 is 0 Å². The van der Waals surface area contributed by atoms with E-state index in [0.29, 0.717) is 0 Å². The molecule has 1 atom stereocenters. The molecule has 0 aliphatic heterocycles. The number of hydrogen-bond acceptors (Lipinski definition) is 3. The lowest BCUT2D eigenvalue weighted by Gasteiger charge is -2.00. The van der Waals surface area contributed by atoms with Crippen molar-refractivity contribution in [2.24, 2.45) is 0 Å². The van der Waals surface area contributed by atoms with Crippen LogP contribution >= 0.6 is 15.9 Å². The molecule has 2 rings (SSSR count). The fourth-order valence-electron chi connectivity index (χ4n) is 1.24. The predicted molar refractivity (Wildman–Crippen MR) is 59.6 cm³/mol. The fraction of sp³-hybridized carbons (Fsp3) is 0.444. The van der Waals surface area contributed by atoms with Crippen molar-refractivity contribution in [1.29, 1.82) is 0 Å². The molecule has 2 aromatic heterocycles. The molecule has 0 aromatic carbocycles. The van der Waals surface area contributed by atoms with Crippen molar-refractivity contribution in [3.8, 4) is 0 Å². The van der Waals surface area contributed by atoms with Gasteiger partial charge in [-0.15, -0.1) is 5.10 Å². The zero-order valence-electron chi connectivity index (χ0n) is 8.41. The molecular formula is C9H12BrN5. The molecule has 0 aliphatic carbocycles. The summed E-state index contributed by atoms with van der Waals surface area (Å²) in [6, 6.07) is 0. The number of aromatic nitrogens is 5. The average Bonchev–Trinajstić information content (AvgIpc) is 2.86. The molecule has 2 aromatic rings. The molecule has 0 aliphatic rings. The Morgan fingerprint density at radius 1 is 1.47 bits per heavy atom. The standard InChI is InChI=1S/C9H12BrN5/c1-8(10)9-6-15(13-12-9)5-4-14-3-2-11-7-14/h2-3,6-8H,4-5H2,1H3. The van der Waals surface area contributed by atoms with E-state index in [9.17, 15) is 0 Å². The lowest BCUT2D eigenvalue weighted by atomic mass is 10.4. The Morgan fingerprint density at radius 3 is 2.93 bits per heavy atom. The molecule has 0 spiro atoms. The number of rotatable bonds is 4. The minimum absolute atomic E-state index is 0.250. The highest BCUT2D eigenvalue weighted by molar-refractivity contribution is 9.09. The second kappa shape index (κ2) is 4.57. The minimum atomic E-state index is 0.250. The highest BCUT2D eigenvalue weighted by atomic mass is 79.9. The number of halogens is 1. The van der Waals surface area contributed by atoms with E-state index in [1.165, 1.54) is 0 Å². The van der Waals surface area contributed by atoms with Gasteiger partial charge in [0.05, 0.1) is 23.4 Å². The molecular weight excluding hydrogens is 258 g/mol. The van der Waals surface area contributed by atoms with Gasteiger partial charge in [-0.25, -0.2) is 4.98 Å². The monoisotopic (exact) mass is 269 g/mol. The van der Waals surface area contributed by atoms with Gasteiger partial charge in [-0.3, -0.25) is 4.68 Å². The van der Waals surface area contributed by atoms with Crippen molar-refractivity contribution in [2.45, 2.75) is 24.8 Å². The normalized spacial score (nSPS) is 12.9. The highest BCUT2D eigenvalue weighted by Crippen LogP contribution is 2.17. The maximum absolute atomic E-state index is 4.06. The van der Waals surface area contributed by atoms with E-state index in [-0.39, 0.29) is 4.83 Å². The Morgan fingerprint density at radius 2 is 2.33 bits per heavy atom. The van der Waals surface area contributed by atoms with Crippen LogP contribution in [0.4, 0.5) is 0 Å². The first-order valence-electron chi connectivity index (χ1n) is 4.75. The van der Waals surface area contributed by atoms with Crippen LogP contribution in [-0.4, -0.2) is 24.5 Å². The molecule has 0 bridgehead atoms. The van der Waals surface area contributed by atoms with Crippen LogP contribution in [0.5, 0.6) is 0 Å². The Hall–Kier alpha value is -1.17. The molecule has 6 heteroatoms. The number of hydrogen-bond donors (Lipinski definition) is 0. The lowest BCUT2D eigenvalue weighted by molar-refractivity contribution is 0.519. The van der Waals surface area contributed by atoms with Crippen LogP contribution in [0.1, 0.15) is 17.4 Å². The van der Waals surface area contributed by atoms with Crippen LogP contribution in [0, 0.1) is 0 Å². The summed E-state index contributed by atoms with van der Waals surface area (Å²) in [5.74, 6) is 0. The molecule has 2 heterocycles. The largest absolute Gasteiger partial charge is 0.336 e. The van der Waals surface area contributed by atoms with Crippen LogP contribution in [0.3, 0.4) is 0 Å². The SMILES string of the molecule is CC(Br)c1cn(CCn2ccnc2)nn1. The minimum Gasteiger partial charge on any atom is -0.336 e. The Balaban J connectivity index is 1.94. The van der Waals surface area contributed by atoms with Gasteiger partial charge in [0.1, 0.15) is 0 Å². The van der Waals surface area contributed by atoms with Crippen LogP contribution in [0.25, 0.3) is 0 Å². The van der Waals surface area contributed by atoms with Crippen molar-refractivity contribution in [3.63, 3.8) is 0 Å². The summed E-state index contributed by atoms with van der Waals surface area (Å²) in [4.78, 5) is 4.23. The third-order valence-electron chi connectivity index (χ3n) is 2.11. The number of nitrogens with zero attached hydrogens (tertiary/aromatic N) is 5. The summed E-state index contributed by atoms with van der Waals surface area (Å²) in [5, 5.41) is 8.10. The van der Waals surface area contributed by atoms with Gasteiger partial charge >= 0.3 is 0 Å². The molecule has 15 heavy (non-hydrogen) atoms. The zero-order chi connectivity index (χ0) is 10.7. The Kier molecular flexibility index (Phi) is 3.15. The van der Waals surface area contributed by atoms with E-state index in [4.69, 9.17) is 0 Å². The van der Waals surface area contributed by atoms with Crippen LogP contribution in [0.15, 0.2) is 24.9 Å². The second-order valence-electron chi connectivity index (χ2n) is 3.32. The Bertz CT molecular complexity index is 406. The van der Waals surface area contributed by atoms with Gasteiger partial charge in [-0.05, 0) is 6.92 Å². The first-order valence-corrected chi connectivity index (χ1v) is 5.67. The maximum Gasteiger partial charge on any atom is 0.0960 e. The van der Waals surface area contributed by atoms with E-state index >= 15 is 0 Å². The second-order valence-corrected chi connectivity index (χ2v) is 4.70.